The highest BCUT2D eigenvalue weighted by Crippen LogP contribution is 2.38. The lowest BCUT2D eigenvalue weighted by atomic mass is 9.73. The van der Waals surface area contributed by atoms with Crippen molar-refractivity contribution >= 4 is 0 Å². The van der Waals surface area contributed by atoms with E-state index in [2.05, 4.69) is 24.0 Å². The molecule has 1 aromatic rings. The van der Waals surface area contributed by atoms with Gasteiger partial charge in [0.25, 0.3) is 0 Å². The topological polar surface area (TPSA) is 51.8 Å². The molecule has 3 nitrogen and oxygen atoms in total. The Morgan fingerprint density at radius 2 is 1.88 bits per heavy atom. The monoisotopic (exact) mass is 219 g/mol. The van der Waals surface area contributed by atoms with Crippen LogP contribution in [0.2, 0.25) is 0 Å². The Labute approximate surface area is 97.5 Å². The average molecular weight is 219 g/mol. The van der Waals surface area contributed by atoms with Crippen molar-refractivity contribution in [2.75, 3.05) is 0 Å². The molecule has 0 aliphatic heterocycles. The minimum atomic E-state index is 0.126. The summed E-state index contributed by atoms with van der Waals surface area (Å²) in [6.45, 7) is 4.67. The lowest BCUT2D eigenvalue weighted by Crippen LogP contribution is -2.29. The van der Waals surface area contributed by atoms with Gasteiger partial charge in [-0.25, -0.2) is 0 Å². The molecule has 16 heavy (non-hydrogen) atoms. The Morgan fingerprint density at radius 1 is 1.19 bits per heavy atom. The third kappa shape index (κ3) is 2.59. The first-order valence-corrected chi connectivity index (χ1v) is 6.19. The molecule has 88 valence electrons. The molecular formula is C13H21N3. The first-order chi connectivity index (χ1) is 7.66. The van der Waals surface area contributed by atoms with Crippen molar-refractivity contribution < 1.29 is 0 Å². The van der Waals surface area contributed by atoms with Crippen LogP contribution in [0.5, 0.6) is 0 Å². The van der Waals surface area contributed by atoms with E-state index in [1.165, 1.54) is 19.3 Å². The fourth-order valence-electron chi connectivity index (χ4n) is 3.07. The summed E-state index contributed by atoms with van der Waals surface area (Å²) in [6.07, 6.45) is 7.36. The standard InChI is InChI=1S/C13H21N3/c1-9-5-10(2)7-12(6-9)13(14)11-3-4-15-16-8-11/h3-4,8-10,12-13H,5-7,14H2,1-2H3. The zero-order chi connectivity index (χ0) is 11.5. The zero-order valence-electron chi connectivity index (χ0n) is 10.1. The first kappa shape index (κ1) is 11.5. The molecule has 2 N–H and O–H groups in total. The van der Waals surface area contributed by atoms with Gasteiger partial charge in [-0.05, 0) is 48.6 Å². The third-order valence-electron chi connectivity index (χ3n) is 3.71. The molecule has 3 atom stereocenters. The number of nitrogens with two attached hydrogens (primary N) is 1. The average Bonchev–Trinajstić information content (AvgIpc) is 2.28. The fourth-order valence-corrected chi connectivity index (χ4v) is 3.07. The van der Waals surface area contributed by atoms with Crippen molar-refractivity contribution in [1.82, 2.24) is 10.2 Å². The van der Waals surface area contributed by atoms with Crippen LogP contribution in [0.1, 0.15) is 44.7 Å². The van der Waals surface area contributed by atoms with Crippen molar-refractivity contribution in [3.8, 4) is 0 Å². The second-order valence-electron chi connectivity index (χ2n) is 5.38. The molecule has 1 aliphatic carbocycles. The van der Waals surface area contributed by atoms with Gasteiger partial charge in [0, 0.05) is 12.2 Å². The third-order valence-corrected chi connectivity index (χ3v) is 3.71. The summed E-state index contributed by atoms with van der Waals surface area (Å²) in [4.78, 5) is 0. The molecule has 3 heteroatoms. The van der Waals surface area contributed by atoms with Gasteiger partial charge in [-0.1, -0.05) is 13.8 Å². The van der Waals surface area contributed by atoms with Gasteiger partial charge < -0.3 is 5.73 Å². The molecule has 1 aromatic heterocycles. The van der Waals surface area contributed by atoms with Crippen LogP contribution in [0, 0.1) is 17.8 Å². The van der Waals surface area contributed by atoms with E-state index in [1.807, 2.05) is 6.07 Å². The van der Waals surface area contributed by atoms with Crippen LogP contribution in [0.3, 0.4) is 0 Å². The van der Waals surface area contributed by atoms with Crippen LogP contribution < -0.4 is 5.73 Å². The Balaban J connectivity index is 2.07. The smallest absolute Gasteiger partial charge is 0.0544 e. The van der Waals surface area contributed by atoms with E-state index in [9.17, 15) is 0 Å². The van der Waals surface area contributed by atoms with Crippen molar-refractivity contribution in [2.45, 2.75) is 39.2 Å². The van der Waals surface area contributed by atoms with E-state index in [-0.39, 0.29) is 6.04 Å². The van der Waals surface area contributed by atoms with Gasteiger partial charge >= 0.3 is 0 Å². The Bertz CT molecular complexity index is 315. The normalized spacial score (nSPS) is 32.3. The number of hydrogen-bond acceptors (Lipinski definition) is 3. The maximum Gasteiger partial charge on any atom is 0.0544 e. The fraction of sp³-hybridized carbons (Fsp3) is 0.692. The maximum absolute atomic E-state index is 6.33. The molecule has 1 aliphatic rings. The van der Waals surface area contributed by atoms with E-state index in [1.54, 1.807) is 12.4 Å². The van der Waals surface area contributed by atoms with Crippen molar-refractivity contribution in [3.63, 3.8) is 0 Å². The molecule has 0 bridgehead atoms. The summed E-state index contributed by atoms with van der Waals surface area (Å²) in [7, 11) is 0. The van der Waals surface area contributed by atoms with Crippen LogP contribution >= 0.6 is 0 Å². The minimum Gasteiger partial charge on any atom is -0.324 e. The molecule has 0 saturated heterocycles. The van der Waals surface area contributed by atoms with Crippen LogP contribution in [0.4, 0.5) is 0 Å². The first-order valence-electron chi connectivity index (χ1n) is 6.19. The summed E-state index contributed by atoms with van der Waals surface area (Å²) in [5.74, 6) is 2.20. The van der Waals surface area contributed by atoms with Gasteiger partial charge in [-0.2, -0.15) is 10.2 Å². The predicted octanol–water partition coefficient (Wildman–Crippen LogP) is 2.55. The second kappa shape index (κ2) is 4.91. The lowest BCUT2D eigenvalue weighted by Gasteiger charge is -2.34. The van der Waals surface area contributed by atoms with Crippen molar-refractivity contribution in [2.24, 2.45) is 23.5 Å². The number of hydrogen-bond donors (Lipinski definition) is 1. The Hall–Kier alpha value is -0.960. The lowest BCUT2D eigenvalue weighted by molar-refractivity contribution is 0.193. The second-order valence-corrected chi connectivity index (χ2v) is 5.38. The summed E-state index contributed by atoms with van der Waals surface area (Å²) in [5, 5.41) is 7.71. The van der Waals surface area contributed by atoms with Gasteiger partial charge in [0.15, 0.2) is 0 Å². The van der Waals surface area contributed by atoms with Crippen LogP contribution in [0.15, 0.2) is 18.5 Å². The highest BCUT2D eigenvalue weighted by Gasteiger charge is 2.28. The quantitative estimate of drug-likeness (QED) is 0.831. The predicted molar refractivity (Wildman–Crippen MR) is 64.6 cm³/mol. The molecule has 3 unspecified atom stereocenters. The molecule has 0 amide bonds. The highest BCUT2D eigenvalue weighted by atomic mass is 15.1. The SMILES string of the molecule is CC1CC(C)CC(C(N)c2ccnnc2)C1. The van der Waals surface area contributed by atoms with Crippen LogP contribution in [0.25, 0.3) is 0 Å². The number of rotatable bonds is 2. The van der Waals surface area contributed by atoms with Crippen LogP contribution in [-0.2, 0) is 0 Å². The van der Waals surface area contributed by atoms with Gasteiger partial charge in [0.05, 0.1) is 6.20 Å². The molecule has 1 fully saturated rings. The van der Waals surface area contributed by atoms with E-state index in [0.717, 1.165) is 17.4 Å². The van der Waals surface area contributed by atoms with Gasteiger partial charge in [-0.15, -0.1) is 0 Å². The molecular weight excluding hydrogens is 198 g/mol. The molecule has 0 radical (unpaired) electrons. The molecule has 1 saturated carbocycles. The Kier molecular flexibility index (Phi) is 3.54. The van der Waals surface area contributed by atoms with Gasteiger partial charge in [-0.3, -0.25) is 0 Å². The van der Waals surface area contributed by atoms with E-state index >= 15 is 0 Å². The van der Waals surface area contributed by atoms with E-state index in [0.29, 0.717) is 5.92 Å². The Morgan fingerprint density at radius 3 is 2.44 bits per heavy atom. The maximum atomic E-state index is 6.33. The number of aromatic nitrogens is 2. The summed E-state index contributed by atoms with van der Waals surface area (Å²) in [5.41, 5.74) is 7.45. The van der Waals surface area contributed by atoms with E-state index in [4.69, 9.17) is 5.73 Å². The van der Waals surface area contributed by atoms with E-state index < -0.39 is 0 Å². The van der Waals surface area contributed by atoms with Gasteiger partial charge in [0.1, 0.15) is 0 Å². The largest absolute Gasteiger partial charge is 0.324 e. The summed E-state index contributed by atoms with van der Waals surface area (Å²) < 4.78 is 0. The number of nitrogens with zero attached hydrogens (tertiary/aromatic N) is 2. The molecule has 0 aromatic carbocycles. The van der Waals surface area contributed by atoms with Crippen molar-refractivity contribution in [1.29, 1.82) is 0 Å². The molecule has 0 spiro atoms. The summed E-state index contributed by atoms with van der Waals surface area (Å²) in [6, 6.07) is 2.11. The van der Waals surface area contributed by atoms with Crippen LogP contribution in [-0.4, -0.2) is 10.2 Å². The zero-order valence-corrected chi connectivity index (χ0v) is 10.1. The molecule has 2 rings (SSSR count). The molecule has 1 heterocycles. The minimum absolute atomic E-state index is 0.126. The van der Waals surface area contributed by atoms with Crippen molar-refractivity contribution in [3.05, 3.63) is 24.0 Å². The summed E-state index contributed by atoms with van der Waals surface area (Å²) >= 11 is 0. The van der Waals surface area contributed by atoms with Gasteiger partial charge in [0.2, 0.25) is 0 Å². The highest BCUT2D eigenvalue weighted by molar-refractivity contribution is 5.12.